The van der Waals surface area contributed by atoms with Crippen LogP contribution in [0.15, 0.2) is 10.6 Å². The molecule has 0 bridgehead atoms. The van der Waals surface area contributed by atoms with Crippen molar-refractivity contribution in [2.45, 2.75) is 39.7 Å². The van der Waals surface area contributed by atoms with Crippen molar-refractivity contribution in [2.24, 2.45) is 0 Å². The van der Waals surface area contributed by atoms with Gasteiger partial charge in [0.15, 0.2) is 0 Å². The summed E-state index contributed by atoms with van der Waals surface area (Å²) in [6.45, 7) is 8.56. The van der Waals surface area contributed by atoms with Crippen LogP contribution < -0.4 is 5.73 Å². The molecule has 0 saturated heterocycles. The van der Waals surface area contributed by atoms with Gasteiger partial charge in [0, 0.05) is 6.61 Å². The molecule has 0 aliphatic heterocycles. The Bertz CT molecular complexity index is 564. The van der Waals surface area contributed by atoms with Crippen molar-refractivity contribution < 1.29 is 9.26 Å². The number of nitrogen functional groups attached to an aromatic ring is 1. The number of nitrogens with two attached hydrogens (primary N) is 1. The molecule has 2 aromatic rings. The van der Waals surface area contributed by atoms with Crippen molar-refractivity contribution in [3.05, 3.63) is 17.5 Å². The fourth-order valence-electron chi connectivity index (χ4n) is 1.89. The number of anilines is 1. The van der Waals surface area contributed by atoms with E-state index < -0.39 is 5.60 Å². The minimum atomic E-state index is -0.507. The molecule has 2 heterocycles. The van der Waals surface area contributed by atoms with Gasteiger partial charge < -0.3 is 15.0 Å². The van der Waals surface area contributed by atoms with Crippen molar-refractivity contribution in [1.29, 1.82) is 0 Å². The summed E-state index contributed by atoms with van der Waals surface area (Å²) in [5.74, 6) is 1.09. The molecule has 0 aliphatic carbocycles. The Balaban J connectivity index is 2.35. The zero-order valence-corrected chi connectivity index (χ0v) is 12.5. The molecular weight excluding hydrogens is 262 g/mol. The molecule has 1 unspecified atom stereocenters. The van der Waals surface area contributed by atoms with Crippen LogP contribution in [0.3, 0.4) is 0 Å². The van der Waals surface area contributed by atoms with Gasteiger partial charge in [-0.2, -0.15) is 4.98 Å². The lowest BCUT2D eigenvalue weighted by Gasteiger charge is -2.23. The molecule has 0 fully saturated rings. The Kier molecular flexibility index (Phi) is 3.91. The zero-order chi connectivity index (χ0) is 14.0. The molecule has 104 valence electrons. The van der Waals surface area contributed by atoms with Crippen molar-refractivity contribution in [3.8, 4) is 10.8 Å². The van der Waals surface area contributed by atoms with Gasteiger partial charge in [-0.05, 0) is 38.8 Å². The molecule has 0 amide bonds. The first-order valence-corrected chi connectivity index (χ1v) is 7.16. The van der Waals surface area contributed by atoms with Crippen LogP contribution in [0.5, 0.6) is 0 Å². The highest BCUT2D eigenvalue weighted by Crippen LogP contribution is 2.34. The van der Waals surface area contributed by atoms with Crippen LogP contribution in [0.1, 0.15) is 38.6 Å². The smallest absolute Gasteiger partial charge is 0.268 e. The Labute approximate surface area is 116 Å². The van der Waals surface area contributed by atoms with Gasteiger partial charge in [-0.3, -0.25) is 0 Å². The molecule has 0 aromatic carbocycles. The minimum Gasteiger partial charge on any atom is -0.391 e. The Morgan fingerprint density at radius 2 is 2.21 bits per heavy atom. The predicted molar refractivity (Wildman–Crippen MR) is 76.0 cm³/mol. The van der Waals surface area contributed by atoms with Crippen LogP contribution in [-0.4, -0.2) is 16.7 Å². The van der Waals surface area contributed by atoms with E-state index in [4.69, 9.17) is 15.0 Å². The molecule has 0 aliphatic rings. The van der Waals surface area contributed by atoms with Crippen LogP contribution in [0, 0.1) is 6.92 Å². The van der Waals surface area contributed by atoms with E-state index in [1.807, 2.05) is 33.8 Å². The summed E-state index contributed by atoms with van der Waals surface area (Å²) in [5.41, 5.74) is 6.33. The van der Waals surface area contributed by atoms with Crippen LogP contribution in [0.2, 0.25) is 0 Å². The minimum absolute atomic E-state index is 0.507. The monoisotopic (exact) mass is 281 g/mol. The van der Waals surface area contributed by atoms with Gasteiger partial charge in [0.2, 0.25) is 5.82 Å². The van der Waals surface area contributed by atoms with E-state index in [1.165, 1.54) is 11.3 Å². The average Bonchev–Trinajstić information content (AvgIpc) is 2.96. The second-order valence-corrected chi connectivity index (χ2v) is 5.69. The SMILES string of the molecule is CCOC(C)(CC)c1noc(-c2sc(N)cc2C)n1. The first-order chi connectivity index (χ1) is 9.00. The van der Waals surface area contributed by atoms with E-state index in [0.29, 0.717) is 18.3 Å². The summed E-state index contributed by atoms with van der Waals surface area (Å²) in [6.07, 6.45) is 0.783. The van der Waals surface area contributed by atoms with E-state index in [-0.39, 0.29) is 0 Å². The second-order valence-electron chi connectivity index (χ2n) is 4.60. The van der Waals surface area contributed by atoms with Crippen molar-refractivity contribution in [3.63, 3.8) is 0 Å². The summed E-state index contributed by atoms with van der Waals surface area (Å²) < 4.78 is 11.1. The molecule has 2 rings (SSSR count). The molecule has 2 aromatic heterocycles. The number of hydrogen-bond acceptors (Lipinski definition) is 6. The van der Waals surface area contributed by atoms with E-state index in [1.54, 1.807) is 0 Å². The quantitative estimate of drug-likeness (QED) is 0.909. The molecule has 5 nitrogen and oxygen atoms in total. The predicted octanol–water partition coefficient (Wildman–Crippen LogP) is 3.35. The third kappa shape index (κ3) is 2.64. The van der Waals surface area contributed by atoms with E-state index in [2.05, 4.69) is 10.1 Å². The lowest BCUT2D eigenvalue weighted by molar-refractivity contribution is -0.0403. The summed E-state index contributed by atoms with van der Waals surface area (Å²) in [5, 5.41) is 4.80. The molecule has 0 saturated carbocycles. The Morgan fingerprint density at radius 3 is 2.74 bits per heavy atom. The molecule has 6 heteroatoms. The third-order valence-electron chi connectivity index (χ3n) is 3.17. The number of aromatic nitrogens is 2. The second kappa shape index (κ2) is 5.30. The summed E-state index contributed by atoms with van der Waals surface area (Å²) >= 11 is 1.45. The highest BCUT2D eigenvalue weighted by molar-refractivity contribution is 7.19. The Morgan fingerprint density at radius 1 is 1.47 bits per heavy atom. The van der Waals surface area contributed by atoms with Gasteiger partial charge in [0.05, 0.1) is 9.88 Å². The summed E-state index contributed by atoms with van der Waals surface area (Å²) in [4.78, 5) is 5.39. The maximum atomic E-state index is 5.79. The van der Waals surface area contributed by atoms with Crippen molar-refractivity contribution >= 4 is 16.3 Å². The van der Waals surface area contributed by atoms with Crippen LogP contribution >= 0.6 is 11.3 Å². The number of thiophene rings is 1. The van der Waals surface area contributed by atoms with Crippen molar-refractivity contribution in [2.75, 3.05) is 12.3 Å². The van der Waals surface area contributed by atoms with Gasteiger partial charge in [0.25, 0.3) is 5.89 Å². The van der Waals surface area contributed by atoms with Gasteiger partial charge in [-0.15, -0.1) is 11.3 Å². The Hall–Kier alpha value is -1.40. The van der Waals surface area contributed by atoms with E-state index >= 15 is 0 Å². The average molecular weight is 281 g/mol. The van der Waals surface area contributed by atoms with Gasteiger partial charge in [-0.1, -0.05) is 12.1 Å². The molecule has 2 N–H and O–H groups in total. The first-order valence-electron chi connectivity index (χ1n) is 6.34. The van der Waals surface area contributed by atoms with Gasteiger partial charge >= 0.3 is 0 Å². The molecular formula is C13H19N3O2S. The molecule has 0 spiro atoms. The topological polar surface area (TPSA) is 74.2 Å². The maximum Gasteiger partial charge on any atom is 0.268 e. The zero-order valence-electron chi connectivity index (χ0n) is 11.7. The van der Waals surface area contributed by atoms with Gasteiger partial charge in [0.1, 0.15) is 5.60 Å². The van der Waals surface area contributed by atoms with E-state index in [9.17, 15) is 0 Å². The fourth-order valence-corrected chi connectivity index (χ4v) is 2.75. The standard InChI is InChI=1S/C13H19N3O2S/c1-5-13(4,17-6-2)12-15-11(18-16-12)10-8(3)7-9(14)19-10/h7H,5-6,14H2,1-4H3. The normalized spacial score (nSPS) is 14.5. The van der Waals surface area contributed by atoms with Crippen LogP contribution in [-0.2, 0) is 10.3 Å². The first kappa shape index (κ1) is 14.0. The highest BCUT2D eigenvalue weighted by Gasteiger charge is 2.31. The number of hydrogen-bond donors (Lipinski definition) is 1. The van der Waals surface area contributed by atoms with Crippen LogP contribution in [0.4, 0.5) is 5.00 Å². The third-order valence-corrected chi connectivity index (χ3v) is 4.22. The fraction of sp³-hybridized carbons (Fsp3) is 0.538. The number of ether oxygens (including phenoxy) is 1. The molecule has 19 heavy (non-hydrogen) atoms. The molecule has 1 atom stereocenters. The lowest BCUT2D eigenvalue weighted by atomic mass is 10.0. The summed E-state index contributed by atoms with van der Waals surface area (Å²) in [7, 11) is 0. The lowest BCUT2D eigenvalue weighted by Crippen LogP contribution is -2.26. The number of rotatable bonds is 5. The number of aryl methyl sites for hydroxylation is 1. The van der Waals surface area contributed by atoms with E-state index in [0.717, 1.165) is 21.9 Å². The maximum absolute atomic E-state index is 5.79. The summed E-state index contributed by atoms with van der Waals surface area (Å²) in [6, 6.07) is 1.91. The van der Waals surface area contributed by atoms with Crippen molar-refractivity contribution in [1.82, 2.24) is 10.1 Å². The highest BCUT2D eigenvalue weighted by atomic mass is 32.1. The largest absolute Gasteiger partial charge is 0.391 e. The van der Waals surface area contributed by atoms with Crippen LogP contribution in [0.25, 0.3) is 10.8 Å². The number of nitrogens with zero attached hydrogens (tertiary/aromatic N) is 2. The van der Waals surface area contributed by atoms with Gasteiger partial charge in [-0.25, -0.2) is 0 Å². The molecule has 0 radical (unpaired) electrons.